The van der Waals surface area contributed by atoms with Gasteiger partial charge in [-0.15, -0.1) is 0 Å². The van der Waals surface area contributed by atoms with E-state index in [0.717, 1.165) is 18.7 Å². The second kappa shape index (κ2) is 18.7. The molecule has 0 aliphatic heterocycles. The van der Waals surface area contributed by atoms with Crippen molar-refractivity contribution >= 4 is 34.5 Å². The maximum Gasteiger partial charge on any atom is 0.262 e. The molecule has 0 aliphatic rings. The van der Waals surface area contributed by atoms with Crippen LogP contribution in [-0.4, -0.2) is 19.1 Å². The van der Waals surface area contributed by atoms with Crippen molar-refractivity contribution in [1.82, 2.24) is 0 Å². The fourth-order valence-corrected chi connectivity index (χ4v) is 5.24. The van der Waals surface area contributed by atoms with Crippen LogP contribution in [0, 0.1) is 0 Å². The minimum Gasteiger partial charge on any atom is -0.492 e. The predicted molar refractivity (Wildman–Crippen MR) is 162 cm³/mol. The number of nitrogens with one attached hydrogen (secondary N) is 1. The third-order valence-electron chi connectivity index (χ3n) is 6.66. The molecule has 0 fully saturated rings. The normalized spacial score (nSPS) is 10.9. The van der Waals surface area contributed by atoms with Gasteiger partial charge in [0.15, 0.2) is 19.3 Å². The van der Waals surface area contributed by atoms with Gasteiger partial charge in [-0.3, -0.25) is 4.79 Å². The van der Waals surface area contributed by atoms with Crippen molar-refractivity contribution in [2.45, 2.75) is 90.5 Å². The van der Waals surface area contributed by atoms with E-state index >= 15 is 0 Å². The molecule has 1 heterocycles. The van der Waals surface area contributed by atoms with Crippen molar-refractivity contribution in [2.24, 2.45) is 0 Å². The number of hydrogen-bond acceptors (Lipinski definition) is 4. The van der Waals surface area contributed by atoms with Gasteiger partial charge in [0, 0.05) is 17.3 Å². The Morgan fingerprint density at radius 1 is 0.872 bits per heavy atom. The van der Waals surface area contributed by atoms with Crippen LogP contribution in [0.5, 0.6) is 11.5 Å². The number of halogens is 1. The Kier molecular flexibility index (Phi) is 14.8. The highest BCUT2D eigenvalue weighted by Gasteiger charge is 2.08. The quantitative estimate of drug-likeness (QED) is 0.109. The maximum absolute atomic E-state index is 12.3. The van der Waals surface area contributed by atoms with Crippen LogP contribution in [0.2, 0.25) is 5.02 Å². The fourth-order valence-electron chi connectivity index (χ4n) is 4.42. The summed E-state index contributed by atoms with van der Waals surface area (Å²) in [6.07, 6.45) is 17.9. The largest absolute Gasteiger partial charge is 0.492 e. The van der Waals surface area contributed by atoms with Gasteiger partial charge >= 0.3 is 0 Å². The molecule has 2 aromatic carbocycles. The van der Waals surface area contributed by atoms with E-state index in [9.17, 15) is 4.79 Å². The minimum absolute atomic E-state index is 0.0953. The second-order valence-corrected chi connectivity index (χ2v) is 11.2. The van der Waals surface area contributed by atoms with Crippen LogP contribution >= 0.6 is 22.9 Å². The summed E-state index contributed by atoms with van der Waals surface area (Å²) in [4.78, 5) is 12.3. The summed E-state index contributed by atoms with van der Waals surface area (Å²) in [6, 6.07) is 13.1. The maximum atomic E-state index is 12.3. The molecule has 1 N–H and O–H groups in total. The molecule has 0 saturated heterocycles. The van der Waals surface area contributed by atoms with E-state index in [4.69, 9.17) is 21.1 Å². The van der Waals surface area contributed by atoms with E-state index in [2.05, 4.69) is 22.3 Å². The van der Waals surface area contributed by atoms with E-state index in [1.165, 1.54) is 76.2 Å². The zero-order valence-corrected chi connectivity index (χ0v) is 24.9. The van der Waals surface area contributed by atoms with Crippen molar-refractivity contribution in [3.63, 3.8) is 0 Å². The highest BCUT2D eigenvalue weighted by atomic mass is 35.5. The first-order valence-corrected chi connectivity index (χ1v) is 15.8. The van der Waals surface area contributed by atoms with Crippen LogP contribution < -0.4 is 19.4 Å². The number of hydrogen-bond donors (Lipinski definition) is 1. The molecule has 0 spiro atoms. The first kappa shape index (κ1) is 31.0. The number of rotatable bonds is 20. The van der Waals surface area contributed by atoms with Gasteiger partial charge in [-0.2, -0.15) is 4.57 Å². The summed E-state index contributed by atoms with van der Waals surface area (Å²) >= 11 is 8.05. The van der Waals surface area contributed by atoms with Crippen molar-refractivity contribution in [3.8, 4) is 11.5 Å². The van der Waals surface area contributed by atoms with Gasteiger partial charge in [0.1, 0.15) is 11.5 Å². The van der Waals surface area contributed by atoms with E-state index in [1.54, 1.807) is 29.5 Å². The molecule has 5 nitrogen and oxygen atoms in total. The first-order valence-electron chi connectivity index (χ1n) is 14.5. The van der Waals surface area contributed by atoms with Crippen LogP contribution in [0.15, 0.2) is 59.6 Å². The van der Waals surface area contributed by atoms with Gasteiger partial charge in [0.2, 0.25) is 5.51 Å². The molecule has 0 saturated carbocycles. The van der Waals surface area contributed by atoms with Gasteiger partial charge in [0.05, 0.1) is 17.0 Å². The van der Waals surface area contributed by atoms with E-state index in [0.29, 0.717) is 23.1 Å². The van der Waals surface area contributed by atoms with Crippen molar-refractivity contribution in [2.75, 3.05) is 18.5 Å². The fraction of sp³-hybridized carbons (Fsp3) is 0.500. The summed E-state index contributed by atoms with van der Waals surface area (Å²) in [5.74, 6) is 0.964. The molecular weight excluding hydrogens is 528 g/mol. The lowest BCUT2D eigenvalue weighted by atomic mass is 10.1. The zero-order chi connectivity index (χ0) is 27.5. The smallest absolute Gasteiger partial charge is 0.262 e. The lowest BCUT2D eigenvalue weighted by Crippen LogP contribution is -2.30. The van der Waals surface area contributed by atoms with Crippen molar-refractivity contribution < 1.29 is 18.8 Å². The molecule has 1 amide bonds. The van der Waals surface area contributed by atoms with E-state index < -0.39 is 0 Å². The number of thiazole rings is 1. The third-order valence-corrected chi connectivity index (χ3v) is 7.63. The molecule has 0 radical (unpaired) electrons. The van der Waals surface area contributed by atoms with Gasteiger partial charge in [-0.1, -0.05) is 113 Å². The van der Waals surface area contributed by atoms with Crippen LogP contribution in [-0.2, 0) is 11.3 Å². The van der Waals surface area contributed by atoms with Gasteiger partial charge in [-0.05, 0) is 30.7 Å². The number of anilines is 1. The predicted octanol–water partition coefficient (Wildman–Crippen LogP) is 8.83. The monoisotopic (exact) mass is 571 g/mol. The topological polar surface area (TPSA) is 51.4 Å². The standard InChI is InChI=1S/C32H43ClN2O3S/c1-2-3-4-5-6-7-8-9-10-11-12-13-21-37-31-19-18-29(23-30(31)33)38-25-32(36)34-28-16-14-27(15-17-28)24-35-20-22-39-26-35/h14-20,22-23,26H,2-13,21,24-25H2,1H3/p+1. The average molecular weight is 572 g/mol. The SMILES string of the molecule is CCCCCCCCCCCCCCOc1ccc(OCC(=O)Nc2ccc(C[n+]3ccsc3)cc2)cc1Cl. The van der Waals surface area contributed by atoms with Gasteiger partial charge < -0.3 is 14.8 Å². The molecule has 0 atom stereocenters. The highest BCUT2D eigenvalue weighted by Crippen LogP contribution is 2.29. The Balaban J connectivity index is 1.24. The molecule has 0 aliphatic carbocycles. The number of aromatic nitrogens is 1. The summed E-state index contributed by atoms with van der Waals surface area (Å²) in [7, 11) is 0. The molecule has 212 valence electrons. The average Bonchev–Trinajstić information content (AvgIpc) is 3.45. The number of amides is 1. The summed E-state index contributed by atoms with van der Waals surface area (Å²) in [6.45, 7) is 3.64. The summed E-state index contributed by atoms with van der Waals surface area (Å²) in [5.41, 5.74) is 3.98. The van der Waals surface area contributed by atoms with E-state index in [1.807, 2.05) is 35.8 Å². The molecule has 3 rings (SSSR count). The molecule has 0 bridgehead atoms. The number of carbonyl (C=O) groups is 1. The van der Waals surface area contributed by atoms with Gasteiger partial charge in [0.25, 0.3) is 5.91 Å². The minimum atomic E-state index is -0.224. The lowest BCUT2D eigenvalue weighted by molar-refractivity contribution is -0.683. The van der Waals surface area contributed by atoms with Crippen molar-refractivity contribution in [3.05, 3.63) is 70.1 Å². The molecule has 0 unspecified atom stereocenters. The van der Waals surface area contributed by atoms with Crippen LogP contribution in [0.3, 0.4) is 0 Å². The van der Waals surface area contributed by atoms with Crippen molar-refractivity contribution in [1.29, 1.82) is 0 Å². The number of unbranched alkanes of at least 4 members (excludes halogenated alkanes) is 11. The zero-order valence-electron chi connectivity index (χ0n) is 23.3. The summed E-state index contributed by atoms with van der Waals surface area (Å²) < 4.78 is 13.6. The van der Waals surface area contributed by atoms with Crippen LogP contribution in [0.4, 0.5) is 5.69 Å². The number of ether oxygens (including phenoxy) is 2. The highest BCUT2D eigenvalue weighted by molar-refractivity contribution is 7.07. The number of nitrogens with zero attached hydrogens (tertiary/aromatic N) is 1. The Labute approximate surface area is 243 Å². The summed E-state index contributed by atoms with van der Waals surface area (Å²) in [5, 5.41) is 5.40. The van der Waals surface area contributed by atoms with Crippen LogP contribution in [0.25, 0.3) is 0 Å². The Hall–Kier alpha value is -2.57. The molecule has 3 aromatic rings. The molecule has 39 heavy (non-hydrogen) atoms. The van der Waals surface area contributed by atoms with E-state index in [-0.39, 0.29) is 12.5 Å². The molecule has 7 heteroatoms. The number of carbonyl (C=O) groups excluding carboxylic acids is 1. The number of benzene rings is 2. The molecular formula is C32H44ClN2O3S+. The molecule has 1 aromatic heterocycles. The third kappa shape index (κ3) is 12.9. The van der Waals surface area contributed by atoms with Crippen LogP contribution in [0.1, 0.15) is 89.5 Å². The Bertz CT molecular complexity index is 1070. The first-order chi connectivity index (χ1) is 19.1. The Morgan fingerprint density at radius 2 is 1.54 bits per heavy atom. The second-order valence-electron chi connectivity index (χ2n) is 10.1. The Morgan fingerprint density at radius 3 is 2.15 bits per heavy atom. The lowest BCUT2D eigenvalue weighted by Gasteiger charge is -2.11. The van der Waals surface area contributed by atoms with Gasteiger partial charge in [-0.25, -0.2) is 0 Å².